The second kappa shape index (κ2) is 8.46. The molecule has 1 atom stereocenters. The molecule has 0 heterocycles. The Labute approximate surface area is 146 Å². The highest BCUT2D eigenvalue weighted by Gasteiger charge is 2.23. The molecule has 0 saturated heterocycles. The number of nitrogens with one attached hydrogen (secondary N) is 2. The number of nitro groups is 1. The van der Waals surface area contributed by atoms with Gasteiger partial charge in [-0.1, -0.05) is 25.3 Å². The van der Waals surface area contributed by atoms with Gasteiger partial charge in [0.05, 0.1) is 4.92 Å². The average molecular weight is 349 g/mol. The van der Waals surface area contributed by atoms with Crippen molar-refractivity contribution in [3.63, 3.8) is 0 Å². The number of ether oxygens (including phenoxy) is 1. The summed E-state index contributed by atoms with van der Waals surface area (Å²) >= 11 is 0. The number of nitrogens with zero attached hydrogens (tertiary/aromatic N) is 1. The van der Waals surface area contributed by atoms with Gasteiger partial charge in [-0.05, 0) is 38.3 Å². The second-order valence-electron chi connectivity index (χ2n) is 6.29. The third-order valence-corrected chi connectivity index (χ3v) is 4.16. The molecule has 136 valence electrons. The van der Waals surface area contributed by atoms with E-state index in [1.165, 1.54) is 25.5 Å². The molecule has 1 fully saturated rings. The summed E-state index contributed by atoms with van der Waals surface area (Å²) in [5, 5.41) is 16.1. The van der Waals surface area contributed by atoms with Crippen molar-refractivity contribution in [1.29, 1.82) is 0 Å². The maximum atomic E-state index is 12.1. The Morgan fingerprint density at radius 1 is 1.28 bits per heavy atom. The van der Waals surface area contributed by atoms with Crippen molar-refractivity contribution in [3.8, 4) is 5.75 Å². The Hall–Kier alpha value is -2.64. The van der Waals surface area contributed by atoms with E-state index in [9.17, 15) is 19.7 Å². The molecule has 0 bridgehead atoms. The number of amides is 3. The number of rotatable bonds is 5. The fourth-order valence-electron chi connectivity index (χ4n) is 2.80. The molecule has 8 heteroatoms. The zero-order valence-corrected chi connectivity index (χ0v) is 14.4. The standard InChI is InChI=1S/C17H23N3O5/c1-11-8-9-15(14(10-11)20(23)24)25-12(2)16(21)19-17(22)18-13-6-4-3-5-7-13/h8-10,12-13H,3-7H2,1-2H3,(H2,18,19,21,22)/t12-/m1/s1. The highest BCUT2D eigenvalue weighted by atomic mass is 16.6. The maximum Gasteiger partial charge on any atom is 0.321 e. The molecule has 0 spiro atoms. The van der Waals surface area contributed by atoms with Crippen molar-refractivity contribution in [2.24, 2.45) is 0 Å². The van der Waals surface area contributed by atoms with E-state index in [0.29, 0.717) is 5.56 Å². The average Bonchev–Trinajstić information content (AvgIpc) is 2.56. The van der Waals surface area contributed by atoms with Crippen LogP contribution in [0.1, 0.15) is 44.6 Å². The van der Waals surface area contributed by atoms with E-state index in [-0.39, 0.29) is 17.5 Å². The van der Waals surface area contributed by atoms with Crippen molar-refractivity contribution in [1.82, 2.24) is 10.6 Å². The van der Waals surface area contributed by atoms with Gasteiger partial charge in [-0.15, -0.1) is 0 Å². The number of imide groups is 1. The van der Waals surface area contributed by atoms with Crippen molar-refractivity contribution >= 4 is 17.6 Å². The molecule has 0 aromatic heterocycles. The number of benzene rings is 1. The first kappa shape index (κ1) is 18.7. The van der Waals surface area contributed by atoms with Crippen LogP contribution in [-0.2, 0) is 4.79 Å². The minimum absolute atomic E-state index is 0.00839. The summed E-state index contributed by atoms with van der Waals surface area (Å²) in [6.07, 6.45) is 4.06. The first-order valence-electron chi connectivity index (χ1n) is 8.40. The van der Waals surface area contributed by atoms with E-state index in [2.05, 4.69) is 10.6 Å². The number of nitro benzene ring substituents is 1. The smallest absolute Gasteiger partial charge is 0.321 e. The zero-order valence-electron chi connectivity index (χ0n) is 14.4. The van der Waals surface area contributed by atoms with Gasteiger partial charge in [0.1, 0.15) is 0 Å². The Morgan fingerprint density at radius 2 is 1.96 bits per heavy atom. The van der Waals surface area contributed by atoms with Gasteiger partial charge < -0.3 is 10.1 Å². The van der Waals surface area contributed by atoms with E-state index in [1.807, 2.05) is 0 Å². The number of hydrogen-bond donors (Lipinski definition) is 2. The van der Waals surface area contributed by atoms with Gasteiger partial charge in [-0.25, -0.2) is 4.79 Å². The largest absolute Gasteiger partial charge is 0.474 e. The van der Waals surface area contributed by atoms with E-state index < -0.39 is 23.0 Å². The van der Waals surface area contributed by atoms with Crippen LogP contribution in [0.2, 0.25) is 0 Å². The highest BCUT2D eigenvalue weighted by molar-refractivity contribution is 5.96. The third-order valence-electron chi connectivity index (χ3n) is 4.16. The summed E-state index contributed by atoms with van der Waals surface area (Å²) in [6.45, 7) is 3.16. The maximum absolute atomic E-state index is 12.1. The van der Waals surface area contributed by atoms with Gasteiger partial charge in [0.15, 0.2) is 11.9 Å². The van der Waals surface area contributed by atoms with Crippen LogP contribution in [-0.4, -0.2) is 29.0 Å². The predicted molar refractivity (Wildman–Crippen MR) is 91.5 cm³/mol. The molecule has 0 radical (unpaired) electrons. The lowest BCUT2D eigenvalue weighted by atomic mass is 9.96. The molecule has 0 unspecified atom stereocenters. The summed E-state index contributed by atoms with van der Waals surface area (Å²) in [5.74, 6) is -0.658. The summed E-state index contributed by atoms with van der Waals surface area (Å²) in [6, 6.07) is 3.99. The quantitative estimate of drug-likeness (QED) is 0.627. The van der Waals surface area contributed by atoms with Gasteiger partial charge in [-0.3, -0.25) is 20.2 Å². The van der Waals surface area contributed by atoms with Crippen molar-refractivity contribution in [2.45, 2.75) is 58.1 Å². The van der Waals surface area contributed by atoms with Crippen LogP contribution >= 0.6 is 0 Å². The number of carbonyl (C=O) groups excluding carboxylic acids is 2. The molecule has 1 saturated carbocycles. The Balaban J connectivity index is 1.91. The number of urea groups is 1. The third kappa shape index (κ3) is 5.44. The highest BCUT2D eigenvalue weighted by Crippen LogP contribution is 2.28. The predicted octanol–water partition coefficient (Wildman–Crippen LogP) is 2.83. The first-order valence-corrected chi connectivity index (χ1v) is 8.40. The number of aryl methyl sites for hydroxylation is 1. The molecular weight excluding hydrogens is 326 g/mol. The Bertz CT molecular complexity index is 656. The van der Waals surface area contributed by atoms with Crippen LogP contribution in [0.4, 0.5) is 10.5 Å². The monoisotopic (exact) mass is 349 g/mol. The lowest BCUT2D eigenvalue weighted by molar-refractivity contribution is -0.386. The fraction of sp³-hybridized carbons (Fsp3) is 0.529. The first-order chi connectivity index (χ1) is 11.9. The van der Waals surface area contributed by atoms with Gasteiger partial charge in [0.2, 0.25) is 0 Å². The summed E-state index contributed by atoms with van der Waals surface area (Å²) in [7, 11) is 0. The minimum Gasteiger partial charge on any atom is -0.474 e. The molecule has 2 N–H and O–H groups in total. The van der Waals surface area contributed by atoms with E-state index >= 15 is 0 Å². The van der Waals surface area contributed by atoms with Gasteiger partial charge >= 0.3 is 11.7 Å². The number of hydrogen-bond acceptors (Lipinski definition) is 5. The Kier molecular flexibility index (Phi) is 6.32. The summed E-state index contributed by atoms with van der Waals surface area (Å²) < 4.78 is 5.38. The van der Waals surface area contributed by atoms with Gasteiger partial charge in [0, 0.05) is 12.1 Å². The fourth-order valence-corrected chi connectivity index (χ4v) is 2.80. The van der Waals surface area contributed by atoms with Crippen LogP contribution < -0.4 is 15.4 Å². The zero-order chi connectivity index (χ0) is 18.4. The van der Waals surface area contributed by atoms with E-state index in [4.69, 9.17) is 4.74 Å². The molecule has 0 aliphatic heterocycles. The lowest BCUT2D eigenvalue weighted by Crippen LogP contribution is -2.48. The van der Waals surface area contributed by atoms with Gasteiger partial charge in [-0.2, -0.15) is 0 Å². The molecule has 1 aromatic carbocycles. The Morgan fingerprint density at radius 3 is 2.60 bits per heavy atom. The van der Waals surface area contributed by atoms with Crippen LogP contribution in [0.3, 0.4) is 0 Å². The topological polar surface area (TPSA) is 111 Å². The van der Waals surface area contributed by atoms with Crippen LogP contribution in [0.15, 0.2) is 18.2 Å². The van der Waals surface area contributed by atoms with E-state index in [1.54, 1.807) is 13.0 Å². The normalized spacial score (nSPS) is 15.9. The molecule has 1 aromatic rings. The molecular formula is C17H23N3O5. The summed E-state index contributed by atoms with van der Waals surface area (Å²) in [5.41, 5.74) is 0.495. The molecule has 3 amide bonds. The lowest BCUT2D eigenvalue weighted by Gasteiger charge is -2.23. The molecule has 25 heavy (non-hydrogen) atoms. The minimum atomic E-state index is -1.04. The van der Waals surface area contributed by atoms with Crippen LogP contribution in [0, 0.1) is 17.0 Å². The molecule has 2 rings (SSSR count). The number of carbonyl (C=O) groups is 2. The van der Waals surface area contributed by atoms with Crippen LogP contribution in [0.5, 0.6) is 5.75 Å². The van der Waals surface area contributed by atoms with Crippen molar-refractivity contribution in [2.75, 3.05) is 0 Å². The van der Waals surface area contributed by atoms with E-state index in [0.717, 1.165) is 25.7 Å². The van der Waals surface area contributed by atoms with Crippen LogP contribution in [0.25, 0.3) is 0 Å². The molecule has 1 aliphatic carbocycles. The van der Waals surface area contributed by atoms with Gasteiger partial charge in [0.25, 0.3) is 5.91 Å². The molecule has 1 aliphatic rings. The molecule has 8 nitrogen and oxygen atoms in total. The second-order valence-corrected chi connectivity index (χ2v) is 6.29. The van der Waals surface area contributed by atoms with Crippen molar-refractivity contribution in [3.05, 3.63) is 33.9 Å². The van der Waals surface area contributed by atoms with Crippen molar-refractivity contribution < 1.29 is 19.2 Å². The SMILES string of the molecule is Cc1ccc(O[C@H](C)C(=O)NC(=O)NC2CCCCC2)c([N+](=O)[O-])c1. The summed E-state index contributed by atoms with van der Waals surface area (Å²) in [4.78, 5) is 34.5.